The Labute approximate surface area is 135 Å². The molecule has 1 aromatic carbocycles. The number of nitrogens with one attached hydrogen (secondary N) is 1. The Morgan fingerprint density at radius 3 is 2.18 bits per heavy atom. The van der Waals surface area contributed by atoms with E-state index in [-0.39, 0.29) is 5.75 Å². The van der Waals surface area contributed by atoms with Gasteiger partial charge in [0.05, 0.1) is 15.4 Å². The summed E-state index contributed by atoms with van der Waals surface area (Å²) in [6.45, 7) is 0. The number of aromatic hydroxyl groups is 1. The van der Waals surface area contributed by atoms with E-state index in [9.17, 15) is 5.11 Å². The first-order chi connectivity index (χ1) is 10.8. The second-order valence-electron chi connectivity index (χ2n) is 4.81. The molecule has 0 aliphatic carbocycles. The molecular formula is C17H12N2OS2. The van der Waals surface area contributed by atoms with Crippen molar-refractivity contribution in [1.82, 2.24) is 9.97 Å². The van der Waals surface area contributed by atoms with Crippen molar-refractivity contribution in [2.45, 2.75) is 0 Å². The Morgan fingerprint density at radius 2 is 1.55 bits per heavy atom. The molecule has 3 heterocycles. The van der Waals surface area contributed by atoms with Crippen LogP contribution in [0, 0.1) is 0 Å². The fourth-order valence-electron chi connectivity index (χ4n) is 2.32. The van der Waals surface area contributed by atoms with E-state index in [0.717, 1.165) is 27.7 Å². The van der Waals surface area contributed by atoms with E-state index in [4.69, 9.17) is 4.98 Å². The Bertz CT molecular complexity index is 824. The first kappa shape index (κ1) is 13.3. The highest BCUT2D eigenvalue weighted by Crippen LogP contribution is 2.37. The molecule has 3 nitrogen and oxygen atoms in total. The molecule has 0 fully saturated rings. The van der Waals surface area contributed by atoms with Gasteiger partial charge in [0.25, 0.3) is 0 Å². The predicted molar refractivity (Wildman–Crippen MR) is 92.3 cm³/mol. The minimum atomic E-state index is 0.257. The van der Waals surface area contributed by atoms with E-state index in [1.54, 1.807) is 34.8 Å². The lowest BCUT2D eigenvalue weighted by atomic mass is 10.2. The fourth-order valence-corrected chi connectivity index (χ4v) is 3.77. The summed E-state index contributed by atoms with van der Waals surface area (Å²) in [5.41, 5.74) is 2.97. The van der Waals surface area contributed by atoms with Crippen molar-refractivity contribution in [3.8, 4) is 38.3 Å². The number of nitrogens with zero attached hydrogens (tertiary/aromatic N) is 1. The van der Waals surface area contributed by atoms with Crippen LogP contribution >= 0.6 is 22.7 Å². The van der Waals surface area contributed by atoms with Gasteiger partial charge in [0, 0.05) is 5.56 Å². The Kier molecular flexibility index (Phi) is 3.29. The van der Waals surface area contributed by atoms with Crippen molar-refractivity contribution in [3.05, 3.63) is 59.3 Å². The number of phenolic OH excluding ortho intramolecular Hbond substituents is 1. The van der Waals surface area contributed by atoms with Crippen molar-refractivity contribution in [2.24, 2.45) is 0 Å². The molecule has 108 valence electrons. The smallest absolute Gasteiger partial charge is 0.138 e. The Balaban J connectivity index is 1.88. The number of aromatic amines is 1. The highest BCUT2D eigenvalue weighted by atomic mass is 32.1. The summed E-state index contributed by atoms with van der Waals surface area (Å²) in [5.74, 6) is 1.07. The molecule has 0 saturated heterocycles. The molecule has 4 aromatic rings. The van der Waals surface area contributed by atoms with Crippen LogP contribution in [0.5, 0.6) is 5.75 Å². The van der Waals surface area contributed by atoms with Gasteiger partial charge in [-0.1, -0.05) is 12.1 Å². The molecule has 0 spiro atoms. The molecule has 3 aromatic heterocycles. The zero-order valence-electron chi connectivity index (χ0n) is 11.5. The molecule has 2 N–H and O–H groups in total. The van der Waals surface area contributed by atoms with Crippen molar-refractivity contribution in [1.29, 1.82) is 0 Å². The third-order valence-corrected chi connectivity index (χ3v) is 5.13. The maximum absolute atomic E-state index is 9.44. The van der Waals surface area contributed by atoms with Gasteiger partial charge in [0.15, 0.2) is 0 Å². The Morgan fingerprint density at radius 1 is 0.864 bits per heavy atom. The van der Waals surface area contributed by atoms with Crippen LogP contribution in [-0.4, -0.2) is 15.1 Å². The van der Waals surface area contributed by atoms with E-state index in [1.807, 2.05) is 24.3 Å². The molecule has 0 aliphatic heterocycles. The maximum atomic E-state index is 9.44. The van der Waals surface area contributed by atoms with Crippen LogP contribution in [0.3, 0.4) is 0 Å². The first-order valence-electron chi connectivity index (χ1n) is 6.78. The van der Waals surface area contributed by atoms with Crippen molar-refractivity contribution >= 4 is 22.7 Å². The van der Waals surface area contributed by atoms with Gasteiger partial charge < -0.3 is 10.1 Å². The van der Waals surface area contributed by atoms with Gasteiger partial charge in [-0.25, -0.2) is 4.98 Å². The van der Waals surface area contributed by atoms with Crippen LogP contribution < -0.4 is 0 Å². The predicted octanol–water partition coefficient (Wildman–Crippen LogP) is 5.24. The van der Waals surface area contributed by atoms with E-state index in [0.29, 0.717) is 0 Å². The van der Waals surface area contributed by atoms with Gasteiger partial charge in [0.1, 0.15) is 17.3 Å². The third-order valence-electron chi connectivity index (χ3n) is 3.37. The molecule has 0 amide bonds. The average Bonchev–Trinajstić information content (AvgIpc) is 3.27. The average molecular weight is 324 g/mol. The number of thiophene rings is 2. The van der Waals surface area contributed by atoms with E-state index in [2.05, 4.69) is 27.9 Å². The molecule has 0 unspecified atom stereocenters. The van der Waals surface area contributed by atoms with Crippen LogP contribution in [0.4, 0.5) is 0 Å². The first-order valence-corrected chi connectivity index (χ1v) is 8.54. The van der Waals surface area contributed by atoms with Crippen LogP contribution in [-0.2, 0) is 0 Å². The lowest BCUT2D eigenvalue weighted by molar-refractivity contribution is 0.475. The molecule has 0 saturated carbocycles. The minimum Gasteiger partial charge on any atom is -0.508 e. The normalized spacial score (nSPS) is 10.9. The van der Waals surface area contributed by atoms with Gasteiger partial charge >= 0.3 is 0 Å². The molecule has 0 atom stereocenters. The number of hydrogen-bond donors (Lipinski definition) is 2. The highest BCUT2D eigenvalue weighted by Gasteiger charge is 2.16. The number of hydrogen-bond acceptors (Lipinski definition) is 4. The second kappa shape index (κ2) is 5.44. The van der Waals surface area contributed by atoms with Crippen molar-refractivity contribution < 1.29 is 5.11 Å². The molecule has 4 rings (SSSR count). The summed E-state index contributed by atoms with van der Waals surface area (Å²) >= 11 is 3.37. The summed E-state index contributed by atoms with van der Waals surface area (Å²) in [7, 11) is 0. The number of imidazole rings is 1. The van der Waals surface area contributed by atoms with E-state index >= 15 is 0 Å². The quantitative estimate of drug-likeness (QED) is 0.541. The lowest BCUT2D eigenvalue weighted by Crippen LogP contribution is -1.79. The number of phenols is 1. The van der Waals surface area contributed by atoms with E-state index < -0.39 is 0 Å². The third kappa shape index (κ3) is 2.34. The van der Waals surface area contributed by atoms with Gasteiger partial charge in [-0.2, -0.15) is 0 Å². The van der Waals surface area contributed by atoms with Crippen LogP contribution in [0.15, 0.2) is 59.3 Å². The summed E-state index contributed by atoms with van der Waals surface area (Å²) in [5, 5.41) is 13.6. The Hall–Kier alpha value is -2.37. The zero-order valence-corrected chi connectivity index (χ0v) is 13.1. The van der Waals surface area contributed by atoms with Crippen LogP contribution in [0.1, 0.15) is 0 Å². The largest absolute Gasteiger partial charge is 0.508 e. The number of aromatic nitrogens is 2. The van der Waals surface area contributed by atoms with E-state index in [1.165, 1.54) is 4.88 Å². The molecule has 0 bridgehead atoms. The highest BCUT2D eigenvalue weighted by molar-refractivity contribution is 7.14. The van der Waals surface area contributed by atoms with Gasteiger partial charge in [-0.15, -0.1) is 22.7 Å². The molecule has 0 aliphatic rings. The monoisotopic (exact) mass is 324 g/mol. The molecule has 0 radical (unpaired) electrons. The zero-order chi connectivity index (χ0) is 14.9. The standard InChI is InChI=1S/C17H12N2OS2/c20-12-7-5-11(6-8-12)17-18-15(13-3-1-9-21-13)16(19-17)14-4-2-10-22-14/h1-10,20H,(H,18,19). The SMILES string of the molecule is Oc1ccc(-c2nc(-c3cccs3)c(-c3cccs3)[nH]2)cc1. The van der Waals surface area contributed by atoms with Crippen molar-refractivity contribution in [2.75, 3.05) is 0 Å². The lowest BCUT2D eigenvalue weighted by Gasteiger charge is -1.97. The molecule has 5 heteroatoms. The number of rotatable bonds is 3. The van der Waals surface area contributed by atoms with Gasteiger partial charge in [0.2, 0.25) is 0 Å². The molecular weight excluding hydrogens is 312 g/mol. The maximum Gasteiger partial charge on any atom is 0.138 e. The van der Waals surface area contributed by atoms with Crippen LogP contribution in [0.25, 0.3) is 32.5 Å². The minimum absolute atomic E-state index is 0.257. The van der Waals surface area contributed by atoms with Gasteiger partial charge in [-0.05, 0) is 47.2 Å². The second-order valence-corrected chi connectivity index (χ2v) is 6.71. The molecule has 22 heavy (non-hydrogen) atoms. The summed E-state index contributed by atoms with van der Waals surface area (Å²) < 4.78 is 0. The fraction of sp³-hybridized carbons (Fsp3) is 0. The number of benzene rings is 1. The number of H-pyrrole nitrogens is 1. The summed E-state index contributed by atoms with van der Waals surface area (Å²) in [6, 6.07) is 15.3. The summed E-state index contributed by atoms with van der Waals surface area (Å²) in [6.07, 6.45) is 0. The van der Waals surface area contributed by atoms with Crippen LogP contribution in [0.2, 0.25) is 0 Å². The van der Waals surface area contributed by atoms with Crippen molar-refractivity contribution in [3.63, 3.8) is 0 Å². The summed E-state index contributed by atoms with van der Waals surface area (Å²) in [4.78, 5) is 10.5. The topological polar surface area (TPSA) is 48.9 Å². The van der Waals surface area contributed by atoms with Gasteiger partial charge in [-0.3, -0.25) is 0 Å².